The molecule has 3 N–H and O–H groups in total. The summed E-state index contributed by atoms with van der Waals surface area (Å²) in [6.07, 6.45) is 1.25. The van der Waals surface area contributed by atoms with Gasteiger partial charge in [-0.1, -0.05) is 0 Å². The molecule has 0 aliphatic carbocycles. The zero-order valence-electron chi connectivity index (χ0n) is 7.76. The first-order chi connectivity index (χ1) is 5.56. The third kappa shape index (κ3) is 1.95. The molecule has 0 spiro atoms. The van der Waals surface area contributed by atoms with Gasteiger partial charge in [-0.05, 0) is 33.4 Å². The smallest absolute Gasteiger partial charge is 0.240 e. The SMILES string of the molecule is CC(C)(CN1CCC1)C(=O)NN. The number of hydrazine groups is 1. The van der Waals surface area contributed by atoms with E-state index >= 15 is 0 Å². The molecule has 4 heteroatoms. The molecule has 0 unspecified atom stereocenters. The monoisotopic (exact) mass is 171 g/mol. The highest BCUT2D eigenvalue weighted by Gasteiger charge is 2.31. The number of nitrogens with two attached hydrogens (primary N) is 1. The lowest BCUT2D eigenvalue weighted by atomic mass is 9.90. The number of carbonyl (C=O) groups is 1. The first kappa shape index (κ1) is 9.48. The standard InChI is InChI=1S/C8H17N3O/c1-8(2,7(12)10-9)6-11-4-3-5-11/h3-6,9H2,1-2H3,(H,10,12). The van der Waals surface area contributed by atoms with Crippen LogP contribution in [-0.4, -0.2) is 30.4 Å². The van der Waals surface area contributed by atoms with Gasteiger partial charge in [-0.3, -0.25) is 10.2 Å². The topological polar surface area (TPSA) is 58.4 Å². The van der Waals surface area contributed by atoms with Gasteiger partial charge in [-0.25, -0.2) is 5.84 Å². The maximum absolute atomic E-state index is 11.2. The molecule has 1 rings (SSSR count). The van der Waals surface area contributed by atoms with Gasteiger partial charge in [0.1, 0.15) is 0 Å². The van der Waals surface area contributed by atoms with Gasteiger partial charge in [0, 0.05) is 6.54 Å². The molecule has 1 heterocycles. The van der Waals surface area contributed by atoms with Gasteiger partial charge < -0.3 is 4.90 Å². The number of hydrogen-bond acceptors (Lipinski definition) is 3. The third-order valence-corrected chi connectivity index (χ3v) is 2.31. The van der Waals surface area contributed by atoms with E-state index in [9.17, 15) is 4.79 Å². The van der Waals surface area contributed by atoms with Crippen molar-refractivity contribution < 1.29 is 4.79 Å². The Labute approximate surface area is 73.1 Å². The zero-order chi connectivity index (χ0) is 9.19. The Morgan fingerprint density at radius 3 is 2.50 bits per heavy atom. The van der Waals surface area contributed by atoms with Crippen molar-refractivity contribution in [3.63, 3.8) is 0 Å². The molecule has 0 aromatic carbocycles. The van der Waals surface area contributed by atoms with Gasteiger partial charge in [0.15, 0.2) is 0 Å². The fraction of sp³-hybridized carbons (Fsp3) is 0.875. The highest BCUT2D eigenvalue weighted by atomic mass is 16.2. The molecular formula is C8H17N3O. The largest absolute Gasteiger partial charge is 0.302 e. The molecule has 1 amide bonds. The van der Waals surface area contributed by atoms with E-state index in [1.807, 2.05) is 13.8 Å². The first-order valence-electron chi connectivity index (χ1n) is 4.30. The molecular weight excluding hydrogens is 154 g/mol. The van der Waals surface area contributed by atoms with Crippen LogP contribution in [0.2, 0.25) is 0 Å². The molecule has 0 bridgehead atoms. The second kappa shape index (κ2) is 3.41. The van der Waals surface area contributed by atoms with E-state index in [-0.39, 0.29) is 11.3 Å². The molecule has 1 saturated heterocycles. The Kier molecular flexibility index (Phi) is 2.69. The Morgan fingerprint density at radius 1 is 1.58 bits per heavy atom. The number of rotatable bonds is 3. The number of hydrogen-bond donors (Lipinski definition) is 2. The maximum atomic E-state index is 11.2. The average Bonchev–Trinajstić information content (AvgIpc) is 1.95. The lowest BCUT2D eigenvalue weighted by Gasteiger charge is -2.36. The van der Waals surface area contributed by atoms with Crippen molar-refractivity contribution in [2.24, 2.45) is 11.3 Å². The molecule has 4 nitrogen and oxygen atoms in total. The highest BCUT2D eigenvalue weighted by Crippen LogP contribution is 2.20. The van der Waals surface area contributed by atoms with E-state index in [0.29, 0.717) is 0 Å². The van der Waals surface area contributed by atoms with E-state index in [4.69, 9.17) is 5.84 Å². The molecule has 70 valence electrons. The molecule has 1 aliphatic rings. The summed E-state index contributed by atoms with van der Waals surface area (Å²) in [6, 6.07) is 0. The van der Waals surface area contributed by atoms with Crippen LogP contribution in [0.5, 0.6) is 0 Å². The second-order valence-electron chi connectivity index (χ2n) is 3.99. The molecule has 12 heavy (non-hydrogen) atoms. The number of likely N-dealkylation sites (tertiary alicyclic amines) is 1. The van der Waals surface area contributed by atoms with Crippen molar-refractivity contribution >= 4 is 5.91 Å². The molecule has 1 aliphatic heterocycles. The normalized spacial score (nSPS) is 18.6. The van der Waals surface area contributed by atoms with Crippen LogP contribution in [0.15, 0.2) is 0 Å². The number of carbonyl (C=O) groups excluding carboxylic acids is 1. The van der Waals surface area contributed by atoms with Crippen molar-refractivity contribution in [1.82, 2.24) is 10.3 Å². The second-order valence-corrected chi connectivity index (χ2v) is 3.99. The van der Waals surface area contributed by atoms with Crippen LogP contribution < -0.4 is 11.3 Å². The number of amides is 1. The molecule has 0 aromatic rings. The quantitative estimate of drug-likeness (QED) is 0.348. The highest BCUT2D eigenvalue weighted by molar-refractivity contribution is 5.81. The summed E-state index contributed by atoms with van der Waals surface area (Å²) in [6.45, 7) is 6.85. The summed E-state index contributed by atoms with van der Waals surface area (Å²) in [5, 5.41) is 0. The fourth-order valence-corrected chi connectivity index (χ4v) is 1.37. The minimum absolute atomic E-state index is 0.0885. The molecule has 0 radical (unpaired) electrons. The van der Waals surface area contributed by atoms with E-state index in [1.165, 1.54) is 6.42 Å². The molecule has 1 fully saturated rings. The van der Waals surface area contributed by atoms with Gasteiger partial charge in [0.2, 0.25) is 5.91 Å². The number of nitrogens with zero attached hydrogens (tertiary/aromatic N) is 1. The van der Waals surface area contributed by atoms with Crippen molar-refractivity contribution in [2.45, 2.75) is 20.3 Å². The van der Waals surface area contributed by atoms with Crippen LogP contribution in [0.4, 0.5) is 0 Å². The zero-order valence-corrected chi connectivity index (χ0v) is 7.76. The third-order valence-electron chi connectivity index (χ3n) is 2.31. The predicted octanol–water partition coefficient (Wildman–Crippen LogP) is -0.292. The van der Waals surface area contributed by atoms with E-state index in [2.05, 4.69) is 10.3 Å². The van der Waals surface area contributed by atoms with Gasteiger partial charge >= 0.3 is 0 Å². The van der Waals surface area contributed by atoms with E-state index in [0.717, 1.165) is 19.6 Å². The van der Waals surface area contributed by atoms with Gasteiger partial charge in [-0.2, -0.15) is 0 Å². The van der Waals surface area contributed by atoms with Crippen LogP contribution in [0, 0.1) is 5.41 Å². The van der Waals surface area contributed by atoms with Crippen molar-refractivity contribution in [3.8, 4) is 0 Å². The average molecular weight is 171 g/mol. The van der Waals surface area contributed by atoms with Crippen LogP contribution in [-0.2, 0) is 4.79 Å². The first-order valence-corrected chi connectivity index (χ1v) is 4.30. The summed E-state index contributed by atoms with van der Waals surface area (Å²) < 4.78 is 0. The minimum Gasteiger partial charge on any atom is -0.302 e. The van der Waals surface area contributed by atoms with Gasteiger partial charge in [0.05, 0.1) is 5.41 Å². The minimum atomic E-state index is -0.366. The Balaban J connectivity index is 2.40. The summed E-state index contributed by atoms with van der Waals surface area (Å²) in [5.41, 5.74) is 1.83. The van der Waals surface area contributed by atoms with Crippen molar-refractivity contribution in [2.75, 3.05) is 19.6 Å². The van der Waals surface area contributed by atoms with Crippen molar-refractivity contribution in [1.29, 1.82) is 0 Å². The molecule has 0 atom stereocenters. The summed E-state index contributed by atoms with van der Waals surface area (Å²) in [5.74, 6) is 4.99. The van der Waals surface area contributed by atoms with Gasteiger partial charge in [0.25, 0.3) is 0 Å². The molecule has 0 saturated carbocycles. The lowest BCUT2D eigenvalue weighted by molar-refractivity contribution is -0.130. The van der Waals surface area contributed by atoms with Crippen LogP contribution in [0.25, 0.3) is 0 Å². The van der Waals surface area contributed by atoms with E-state index in [1.54, 1.807) is 0 Å². The lowest BCUT2D eigenvalue weighted by Crippen LogP contribution is -2.50. The number of nitrogens with one attached hydrogen (secondary N) is 1. The van der Waals surface area contributed by atoms with Gasteiger partial charge in [-0.15, -0.1) is 0 Å². The molecule has 0 aromatic heterocycles. The predicted molar refractivity (Wildman–Crippen MR) is 47.2 cm³/mol. The van der Waals surface area contributed by atoms with Crippen LogP contribution in [0.3, 0.4) is 0 Å². The Hall–Kier alpha value is -0.610. The summed E-state index contributed by atoms with van der Waals surface area (Å²) in [4.78, 5) is 13.5. The maximum Gasteiger partial charge on any atom is 0.240 e. The summed E-state index contributed by atoms with van der Waals surface area (Å²) >= 11 is 0. The Bertz CT molecular complexity index is 175. The summed E-state index contributed by atoms with van der Waals surface area (Å²) in [7, 11) is 0. The fourth-order valence-electron chi connectivity index (χ4n) is 1.37. The van der Waals surface area contributed by atoms with Crippen LogP contribution >= 0.6 is 0 Å². The van der Waals surface area contributed by atoms with E-state index < -0.39 is 0 Å². The Morgan fingerprint density at radius 2 is 2.17 bits per heavy atom. The van der Waals surface area contributed by atoms with Crippen molar-refractivity contribution in [3.05, 3.63) is 0 Å². The van der Waals surface area contributed by atoms with Crippen LogP contribution in [0.1, 0.15) is 20.3 Å².